The fraction of sp³-hybridized carbons (Fsp3) is 0.611. The van der Waals surface area contributed by atoms with Crippen LogP contribution in [0.4, 0.5) is 4.79 Å². The van der Waals surface area contributed by atoms with Crippen molar-refractivity contribution in [2.24, 2.45) is 0 Å². The SMILES string of the molecule is CC(C)(C)OC(=O)N1CCN2CCc3cc(Br)ccc3[C@@H]2C1.CO. The van der Waals surface area contributed by atoms with E-state index in [4.69, 9.17) is 9.84 Å². The van der Waals surface area contributed by atoms with E-state index in [9.17, 15) is 4.79 Å². The van der Waals surface area contributed by atoms with Gasteiger partial charge in [-0.15, -0.1) is 0 Å². The van der Waals surface area contributed by atoms with Crippen LogP contribution in [0.15, 0.2) is 22.7 Å². The Balaban J connectivity index is 0.00000100. The van der Waals surface area contributed by atoms with Crippen LogP contribution in [0.3, 0.4) is 0 Å². The van der Waals surface area contributed by atoms with Gasteiger partial charge in [0, 0.05) is 37.8 Å². The minimum absolute atomic E-state index is 0.198. The topological polar surface area (TPSA) is 53.0 Å². The van der Waals surface area contributed by atoms with Gasteiger partial charge in [-0.05, 0) is 50.5 Å². The molecule has 0 aromatic heterocycles. The van der Waals surface area contributed by atoms with Crippen LogP contribution in [0.5, 0.6) is 0 Å². The maximum atomic E-state index is 12.3. The van der Waals surface area contributed by atoms with Gasteiger partial charge >= 0.3 is 6.09 Å². The lowest BCUT2D eigenvalue weighted by Crippen LogP contribution is -2.53. The number of piperazine rings is 1. The maximum Gasteiger partial charge on any atom is 0.410 e. The molecule has 134 valence electrons. The minimum atomic E-state index is -0.441. The number of carbonyl (C=O) groups is 1. The lowest BCUT2D eigenvalue weighted by molar-refractivity contribution is 0.00194. The first-order chi connectivity index (χ1) is 11.3. The summed E-state index contributed by atoms with van der Waals surface area (Å²) in [4.78, 5) is 16.7. The normalized spacial score (nSPS) is 20.4. The molecule has 3 rings (SSSR count). The number of halogens is 1. The van der Waals surface area contributed by atoms with Gasteiger partial charge in [0.15, 0.2) is 0 Å². The fourth-order valence-corrected chi connectivity index (χ4v) is 3.66. The number of fused-ring (bicyclic) bond motifs is 3. The van der Waals surface area contributed by atoms with Crippen molar-refractivity contribution < 1.29 is 14.6 Å². The third kappa shape index (κ3) is 4.49. The number of carbonyl (C=O) groups excluding carboxylic acids is 1. The molecule has 24 heavy (non-hydrogen) atoms. The van der Waals surface area contributed by atoms with Crippen molar-refractivity contribution in [1.82, 2.24) is 9.80 Å². The number of amides is 1. The third-order valence-electron chi connectivity index (χ3n) is 4.28. The Bertz CT molecular complexity index is 586. The molecule has 5 nitrogen and oxygen atoms in total. The Morgan fingerprint density at radius 2 is 1.96 bits per heavy atom. The molecule has 2 aliphatic rings. The molecule has 0 saturated carbocycles. The first-order valence-electron chi connectivity index (χ1n) is 8.28. The van der Waals surface area contributed by atoms with Crippen molar-refractivity contribution in [2.75, 3.05) is 33.3 Å². The number of nitrogens with zero attached hydrogens (tertiary/aromatic N) is 2. The van der Waals surface area contributed by atoms with Crippen LogP contribution in [-0.4, -0.2) is 59.9 Å². The average Bonchev–Trinajstić information content (AvgIpc) is 2.54. The summed E-state index contributed by atoms with van der Waals surface area (Å²) in [5.74, 6) is 0. The first-order valence-corrected chi connectivity index (χ1v) is 9.08. The summed E-state index contributed by atoms with van der Waals surface area (Å²) in [6.07, 6.45) is 0.883. The molecule has 2 aliphatic heterocycles. The zero-order valence-corrected chi connectivity index (χ0v) is 16.5. The molecule has 0 aliphatic carbocycles. The Morgan fingerprint density at radius 1 is 1.25 bits per heavy atom. The van der Waals surface area contributed by atoms with E-state index >= 15 is 0 Å². The summed E-state index contributed by atoms with van der Waals surface area (Å²) in [5, 5.41) is 7.00. The van der Waals surface area contributed by atoms with E-state index in [1.165, 1.54) is 11.1 Å². The highest BCUT2D eigenvalue weighted by Gasteiger charge is 2.35. The van der Waals surface area contributed by atoms with E-state index in [0.717, 1.165) is 37.6 Å². The van der Waals surface area contributed by atoms with Gasteiger partial charge in [0.1, 0.15) is 5.60 Å². The smallest absolute Gasteiger partial charge is 0.410 e. The van der Waals surface area contributed by atoms with Crippen molar-refractivity contribution in [3.05, 3.63) is 33.8 Å². The summed E-state index contributed by atoms with van der Waals surface area (Å²) in [6.45, 7) is 9.17. The van der Waals surface area contributed by atoms with Gasteiger partial charge in [-0.2, -0.15) is 0 Å². The van der Waals surface area contributed by atoms with Crippen LogP contribution in [0.2, 0.25) is 0 Å². The van der Waals surface area contributed by atoms with Crippen LogP contribution < -0.4 is 0 Å². The lowest BCUT2D eigenvalue weighted by atomic mass is 9.91. The lowest BCUT2D eigenvalue weighted by Gasteiger charge is -2.44. The third-order valence-corrected chi connectivity index (χ3v) is 4.77. The molecule has 0 unspecified atom stereocenters. The quantitative estimate of drug-likeness (QED) is 0.728. The molecule has 1 saturated heterocycles. The van der Waals surface area contributed by atoms with Crippen LogP contribution in [-0.2, 0) is 11.2 Å². The van der Waals surface area contributed by atoms with Gasteiger partial charge in [-0.3, -0.25) is 4.90 Å². The first kappa shape index (κ1) is 19.2. The highest BCUT2D eigenvalue weighted by Crippen LogP contribution is 2.34. The van der Waals surface area contributed by atoms with E-state index in [1.54, 1.807) is 0 Å². The minimum Gasteiger partial charge on any atom is -0.444 e. The molecule has 6 heteroatoms. The number of ether oxygens (including phenoxy) is 1. The van der Waals surface area contributed by atoms with E-state index in [0.29, 0.717) is 6.54 Å². The Morgan fingerprint density at radius 3 is 2.62 bits per heavy atom. The Hall–Kier alpha value is -1.11. The van der Waals surface area contributed by atoms with Gasteiger partial charge in [0.25, 0.3) is 0 Å². The van der Waals surface area contributed by atoms with E-state index < -0.39 is 5.60 Å². The molecule has 1 aromatic carbocycles. The summed E-state index contributed by atoms with van der Waals surface area (Å²) >= 11 is 3.55. The molecule has 1 amide bonds. The molecular weight excluding hydrogens is 372 g/mol. The second kappa shape index (κ2) is 7.85. The van der Waals surface area contributed by atoms with Crippen LogP contribution in [0, 0.1) is 0 Å². The molecule has 1 fully saturated rings. The molecule has 1 N–H and O–H groups in total. The summed E-state index contributed by atoms with van der Waals surface area (Å²) in [6, 6.07) is 6.78. The second-order valence-corrected chi connectivity index (χ2v) is 7.99. The number of hydrogen-bond donors (Lipinski definition) is 1. The van der Waals surface area contributed by atoms with Gasteiger partial charge in [0.2, 0.25) is 0 Å². The molecule has 1 aromatic rings. The van der Waals surface area contributed by atoms with Crippen molar-refractivity contribution >= 4 is 22.0 Å². The number of benzene rings is 1. The van der Waals surface area contributed by atoms with E-state index in [2.05, 4.69) is 39.0 Å². The van der Waals surface area contributed by atoms with Crippen molar-refractivity contribution in [3.8, 4) is 0 Å². The summed E-state index contributed by atoms with van der Waals surface area (Å²) in [5.41, 5.74) is 2.30. The maximum absolute atomic E-state index is 12.3. The summed E-state index contributed by atoms with van der Waals surface area (Å²) < 4.78 is 6.65. The average molecular weight is 399 g/mol. The fourth-order valence-electron chi connectivity index (χ4n) is 3.26. The van der Waals surface area contributed by atoms with E-state index in [1.807, 2.05) is 25.7 Å². The van der Waals surface area contributed by atoms with Crippen molar-refractivity contribution in [2.45, 2.75) is 38.8 Å². The number of aliphatic hydroxyl groups excluding tert-OH is 1. The van der Waals surface area contributed by atoms with Gasteiger partial charge in [0.05, 0.1) is 6.04 Å². The standard InChI is InChI=1S/C17H23BrN2O2.CH4O/c1-17(2,3)22-16(21)20-9-8-19-7-6-12-10-13(18)4-5-14(12)15(19)11-20;1-2/h4-5,10,15H,6-9,11H2,1-3H3;2H,1H3/t15-;/m0./s1. The molecular formula is C18H27BrN2O3. The van der Waals surface area contributed by atoms with Crippen molar-refractivity contribution in [3.63, 3.8) is 0 Å². The Labute approximate surface area is 152 Å². The highest BCUT2D eigenvalue weighted by molar-refractivity contribution is 9.10. The second-order valence-electron chi connectivity index (χ2n) is 7.07. The predicted molar refractivity (Wildman–Crippen MR) is 98.1 cm³/mol. The molecule has 1 atom stereocenters. The number of aliphatic hydroxyl groups is 1. The van der Waals surface area contributed by atoms with Crippen LogP contribution in [0.25, 0.3) is 0 Å². The van der Waals surface area contributed by atoms with Gasteiger partial charge < -0.3 is 14.7 Å². The van der Waals surface area contributed by atoms with Crippen LogP contribution in [0.1, 0.15) is 37.9 Å². The summed E-state index contributed by atoms with van der Waals surface area (Å²) in [7, 11) is 1.00. The monoisotopic (exact) mass is 398 g/mol. The van der Waals surface area contributed by atoms with E-state index in [-0.39, 0.29) is 12.1 Å². The van der Waals surface area contributed by atoms with Crippen molar-refractivity contribution in [1.29, 1.82) is 0 Å². The number of hydrogen-bond acceptors (Lipinski definition) is 4. The van der Waals surface area contributed by atoms with Crippen LogP contribution >= 0.6 is 15.9 Å². The zero-order valence-electron chi connectivity index (χ0n) is 14.9. The highest BCUT2D eigenvalue weighted by atomic mass is 79.9. The molecule has 2 heterocycles. The largest absolute Gasteiger partial charge is 0.444 e. The zero-order chi connectivity index (χ0) is 17.9. The van der Waals surface area contributed by atoms with Gasteiger partial charge in [-0.25, -0.2) is 4.79 Å². The molecule has 0 bridgehead atoms. The Kier molecular flexibility index (Phi) is 6.28. The number of rotatable bonds is 0. The molecule has 0 spiro atoms. The predicted octanol–water partition coefficient (Wildman–Crippen LogP) is 3.21. The molecule has 0 radical (unpaired) electrons. The van der Waals surface area contributed by atoms with Gasteiger partial charge in [-0.1, -0.05) is 22.0 Å².